The highest BCUT2D eigenvalue weighted by atomic mass is 32.1. The molecule has 1 saturated heterocycles. The number of ether oxygens (including phenoxy) is 2. The Morgan fingerprint density at radius 2 is 1.45 bits per heavy atom. The summed E-state index contributed by atoms with van der Waals surface area (Å²) in [5, 5.41) is 2.14. The molecular weight excluding hydrogens is 426 g/mol. The van der Waals surface area contributed by atoms with Gasteiger partial charge in [0.25, 0.3) is 0 Å². The van der Waals surface area contributed by atoms with Gasteiger partial charge in [0.05, 0.1) is 18.1 Å². The van der Waals surface area contributed by atoms with Gasteiger partial charge < -0.3 is 9.47 Å². The summed E-state index contributed by atoms with van der Waals surface area (Å²) in [6.07, 6.45) is 28.9. The lowest BCUT2D eigenvalue weighted by molar-refractivity contribution is -0.692. The van der Waals surface area contributed by atoms with E-state index in [1.54, 1.807) is 11.3 Å². The molecule has 33 heavy (non-hydrogen) atoms. The molecule has 1 aliphatic heterocycles. The van der Waals surface area contributed by atoms with Crippen LogP contribution < -0.4 is 4.57 Å². The summed E-state index contributed by atoms with van der Waals surface area (Å²) in [4.78, 5) is 0. The number of rotatable bonds is 23. The van der Waals surface area contributed by atoms with E-state index in [9.17, 15) is 0 Å². The van der Waals surface area contributed by atoms with Gasteiger partial charge in [-0.05, 0) is 31.6 Å². The summed E-state index contributed by atoms with van der Waals surface area (Å²) in [6.45, 7) is 6.08. The minimum Gasteiger partial charge on any atom is -0.379 e. The Morgan fingerprint density at radius 3 is 2.09 bits per heavy atom. The highest BCUT2D eigenvalue weighted by molar-refractivity contribution is 7.07. The molecule has 192 valence electrons. The molecular formula is C29H54NO2S+. The summed E-state index contributed by atoms with van der Waals surface area (Å²) in [7, 11) is 0. The number of aryl methyl sites for hydroxylation is 1. The van der Waals surface area contributed by atoms with Crippen molar-refractivity contribution in [3.05, 3.63) is 17.1 Å². The van der Waals surface area contributed by atoms with Crippen molar-refractivity contribution in [3.63, 3.8) is 0 Å². The van der Waals surface area contributed by atoms with Crippen LogP contribution in [0.5, 0.6) is 0 Å². The Bertz CT molecular complexity index is 522. The van der Waals surface area contributed by atoms with E-state index in [2.05, 4.69) is 28.6 Å². The van der Waals surface area contributed by atoms with Gasteiger partial charge in [0, 0.05) is 19.6 Å². The summed E-state index contributed by atoms with van der Waals surface area (Å²) >= 11 is 1.76. The summed E-state index contributed by atoms with van der Waals surface area (Å²) in [6, 6.07) is 0. The number of unbranched alkanes of at least 4 members (excludes halogenated alkanes) is 15. The summed E-state index contributed by atoms with van der Waals surface area (Å²) < 4.78 is 14.2. The average molecular weight is 481 g/mol. The third-order valence-electron chi connectivity index (χ3n) is 7.17. The van der Waals surface area contributed by atoms with Gasteiger partial charge in [-0.1, -0.05) is 108 Å². The van der Waals surface area contributed by atoms with Crippen molar-refractivity contribution in [3.8, 4) is 0 Å². The molecule has 3 nitrogen and oxygen atoms in total. The Labute approximate surface area is 209 Å². The minimum absolute atomic E-state index is 0.350. The zero-order chi connectivity index (χ0) is 23.2. The fraction of sp³-hybridized carbons (Fsp3) is 0.897. The molecule has 0 saturated carbocycles. The SMILES string of the molecule is CCCCCCCCCCCCCCCC[C@@H]1CO[C@@H](COCCCCC[n+]2ccsc2)C1. The van der Waals surface area contributed by atoms with Gasteiger partial charge in [0.15, 0.2) is 6.20 Å². The van der Waals surface area contributed by atoms with Gasteiger partial charge in [-0.3, -0.25) is 0 Å². The number of hydrogen-bond acceptors (Lipinski definition) is 3. The molecule has 0 unspecified atom stereocenters. The fourth-order valence-electron chi connectivity index (χ4n) is 5.00. The molecule has 1 aromatic rings. The molecule has 0 amide bonds. The van der Waals surface area contributed by atoms with Crippen LogP contribution in [0.15, 0.2) is 17.1 Å². The first-order valence-electron chi connectivity index (χ1n) is 14.5. The van der Waals surface area contributed by atoms with Crippen molar-refractivity contribution in [2.45, 2.75) is 142 Å². The predicted molar refractivity (Wildman–Crippen MR) is 142 cm³/mol. The second-order valence-electron chi connectivity index (χ2n) is 10.3. The van der Waals surface area contributed by atoms with Crippen LogP contribution in [0.2, 0.25) is 0 Å². The lowest BCUT2D eigenvalue weighted by Crippen LogP contribution is -2.29. The van der Waals surface area contributed by atoms with Gasteiger partial charge in [0.2, 0.25) is 5.51 Å². The molecule has 4 heteroatoms. The van der Waals surface area contributed by atoms with Crippen LogP contribution in [-0.2, 0) is 16.0 Å². The first-order chi connectivity index (χ1) is 16.4. The highest BCUT2D eigenvalue weighted by Crippen LogP contribution is 2.25. The van der Waals surface area contributed by atoms with E-state index in [0.29, 0.717) is 6.10 Å². The van der Waals surface area contributed by atoms with E-state index in [0.717, 1.165) is 32.3 Å². The molecule has 0 spiro atoms. The Kier molecular flexibility index (Phi) is 18.2. The third kappa shape index (κ3) is 16.0. The average Bonchev–Trinajstić information content (AvgIpc) is 3.51. The van der Waals surface area contributed by atoms with E-state index in [4.69, 9.17) is 9.47 Å². The van der Waals surface area contributed by atoms with Crippen molar-refractivity contribution < 1.29 is 14.0 Å². The second kappa shape index (κ2) is 20.9. The number of thiazole rings is 1. The molecule has 2 rings (SSSR count). The molecule has 0 aromatic carbocycles. The number of hydrogen-bond donors (Lipinski definition) is 0. The summed E-state index contributed by atoms with van der Waals surface area (Å²) in [5.41, 5.74) is 2.18. The number of nitrogens with zero attached hydrogens (tertiary/aromatic N) is 1. The molecule has 2 heterocycles. The van der Waals surface area contributed by atoms with Crippen LogP contribution in [-0.4, -0.2) is 25.9 Å². The molecule has 1 aromatic heterocycles. The van der Waals surface area contributed by atoms with Crippen molar-refractivity contribution in [1.82, 2.24) is 0 Å². The predicted octanol–water partition coefficient (Wildman–Crippen LogP) is 8.50. The van der Waals surface area contributed by atoms with Crippen molar-refractivity contribution in [1.29, 1.82) is 0 Å². The van der Waals surface area contributed by atoms with Gasteiger partial charge in [0.1, 0.15) is 6.54 Å². The maximum absolute atomic E-state index is 5.98. The van der Waals surface area contributed by atoms with Gasteiger partial charge in [-0.25, -0.2) is 0 Å². The Morgan fingerprint density at radius 1 is 0.818 bits per heavy atom. The lowest BCUT2D eigenvalue weighted by atomic mass is 9.97. The van der Waals surface area contributed by atoms with E-state index < -0.39 is 0 Å². The van der Waals surface area contributed by atoms with Crippen molar-refractivity contribution in [2.24, 2.45) is 5.92 Å². The normalized spacial score (nSPS) is 18.3. The van der Waals surface area contributed by atoms with Gasteiger partial charge in [-0.15, -0.1) is 0 Å². The molecule has 0 N–H and O–H groups in total. The zero-order valence-electron chi connectivity index (χ0n) is 21.8. The van der Waals surface area contributed by atoms with Crippen molar-refractivity contribution >= 4 is 11.3 Å². The largest absolute Gasteiger partial charge is 0.379 e. The van der Waals surface area contributed by atoms with Crippen LogP contribution in [0.4, 0.5) is 0 Å². The van der Waals surface area contributed by atoms with E-state index in [1.807, 2.05) is 0 Å². The lowest BCUT2D eigenvalue weighted by Gasteiger charge is -2.10. The molecule has 2 atom stereocenters. The van der Waals surface area contributed by atoms with Gasteiger partial charge in [-0.2, -0.15) is 4.57 Å². The first-order valence-corrected chi connectivity index (χ1v) is 15.4. The Hall–Kier alpha value is -0.450. The first kappa shape index (κ1) is 28.8. The van der Waals surface area contributed by atoms with Crippen LogP contribution >= 0.6 is 11.3 Å². The number of aromatic nitrogens is 1. The van der Waals surface area contributed by atoms with Gasteiger partial charge >= 0.3 is 0 Å². The zero-order valence-corrected chi connectivity index (χ0v) is 22.6. The highest BCUT2D eigenvalue weighted by Gasteiger charge is 2.24. The van der Waals surface area contributed by atoms with E-state index in [-0.39, 0.29) is 0 Å². The molecule has 0 aliphatic carbocycles. The fourth-order valence-corrected chi connectivity index (χ4v) is 5.63. The monoisotopic (exact) mass is 480 g/mol. The van der Waals surface area contributed by atoms with E-state index >= 15 is 0 Å². The maximum Gasteiger partial charge on any atom is 0.224 e. The van der Waals surface area contributed by atoms with Crippen LogP contribution in [0, 0.1) is 5.92 Å². The minimum atomic E-state index is 0.350. The molecule has 1 aliphatic rings. The third-order valence-corrected chi connectivity index (χ3v) is 7.84. The smallest absolute Gasteiger partial charge is 0.224 e. The van der Waals surface area contributed by atoms with Crippen LogP contribution in [0.25, 0.3) is 0 Å². The molecule has 0 radical (unpaired) electrons. The Balaban J connectivity index is 1.27. The van der Waals surface area contributed by atoms with Crippen LogP contribution in [0.1, 0.15) is 129 Å². The molecule has 1 fully saturated rings. The topological polar surface area (TPSA) is 22.3 Å². The van der Waals surface area contributed by atoms with Crippen LogP contribution in [0.3, 0.4) is 0 Å². The second-order valence-corrected chi connectivity index (χ2v) is 11.1. The standard InChI is InChI=1S/C29H54NO2S/c1-2-3-4-5-6-7-8-9-10-11-12-13-14-16-19-28-24-29(32-25-28)26-31-22-18-15-17-20-30-21-23-33-27-30/h21,23,27-29H,2-20,22,24-26H2,1H3/q+1/t28-,29+/m0/s1. The van der Waals surface area contributed by atoms with E-state index in [1.165, 1.54) is 122 Å². The summed E-state index contributed by atoms with van der Waals surface area (Å²) in [5.74, 6) is 0.776. The maximum atomic E-state index is 5.98. The quantitative estimate of drug-likeness (QED) is 0.116. The van der Waals surface area contributed by atoms with Crippen molar-refractivity contribution in [2.75, 3.05) is 19.8 Å². The molecule has 0 bridgehead atoms.